The monoisotopic (exact) mass is 300 g/mol. The number of hydrogen-bond donors (Lipinski definition) is 2. The molecule has 2 rings (SSSR count). The summed E-state index contributed by atoms with van der Waals surface area (Å²) in [5, 5.41) is 20.1. The summed E-state index contributed by atoms with van der Waals surface area (Å²) < 4.78 is 0. The smallest absolute Gasteiger partial charge is 0.353 e. The summed E-state index contributed by atoms with van der Waals surface area (Å²) in [4.78, 5) is 23.9. The minimum absolute atomic E-state index is 0.0448. The molecule has 0 spiro atoms. The van der Waals surface area contributed by atoms with Gasteiger partial charge >= 0.3 is 5.97 Å². The number of nitro groups is 1. The zero-order valence-electron chi connectivity index (χ0n) is 9.18. The van der Waals surface area contributed by atoms with E-state index in [1.54, 1.807) is 0 Å². The molecule has 8 heteroatoms. The van der Waals surface area contributed by atoms with Crippen molar-refractivity contribution >= 4 is 34.9 Å². The van der Waals surface area contributed by atoms with Gasteiger partial charge in [0, 0.05) is 11.8 Å². The van der Waals surface area contributed by atoms with Crippen molar-refractivity contribution in [2.45, 2.75) is 0 Å². The number of benzene rings is 1. The summed E-state index contributed by atoms with van der Waals surface area (Å²) in [5.74, 6) is -1.27. The molecule has 0 fully saturated rings. The molecule has 6 nitrogen and oxygen atoms in total. The van der Waals surface area contributed by atoms with Crippen molar-refractivity contribution in [3.63, 3.8) is 0 Å². The lowest BCUT2D eigenvalue weighted by molar-refractivity contribution is -0.384. The molecule has 1 aromatic heterocycles. The SMILES string of the molecule is O=C(O)c1[nH]cc(Cl)c1-c1cccc(Cl)c1[N+](=O)[O-]. The number of carbonyl (C=O) groups is 1. The number of aromatic amines is 1. The maximum Gasteiger partial charge on any atom is 0.353 e. The molecule has 0 bridgehead atoms. The van der Waals surface area contributed by atoms with E-state index in [0.29, 0.717) is 0 Å². The van der Waals surface area contributed by atoms with Crippen molar-refractivity contribution in [3.05, 3.63) is 50.2 Å². The molecule has 2 N–H and O–H groups in total. The summed E-state index contributed by atoms with van der Waals surface area (Å²) in [6, 6.07) is 4.23. The fourth-order valence-corrected chi connectivity index (χ4v) is 2.23. The first-order valence-corrected chi connectivity index (χ1v) is 5.72. The molecule has 98 valence electrons. The molecule has 2 aromatic rings. The van der Waals surface area contributed by atoms with Gasteiger partial charge in [-0.15, -0.1) is 0 Å². The summed E-state index contributed by atoms with van der Waals surface area (Å²) in [6.07, 6.45) is 1.25. The second kappa shape index (κ2) is 4.91. The van der Waals surface area contributed by atoms with Crippen LogP contribution < -0.4 is 0 Å². The van der Waals surface area contributed by atoms with Crippen molar-refractivity contribution < 1.29 is 14.8 Å². The van der Waals surface area contributed by atoms with E-state index < -0.39 is 10.9 Å². The first-order chi connectivity index (χ1) is 8.93. The number of nitrogens with one attached hydrogen (secondary N) is 1. The number of hydrogen-bond acceptors (Lipinski definition) is 3. The van der Waals surface area contributed by atoms with Gasteiger partial charge in [0.1, 0.15) is 10.7 Å². The predicted octanol–water partition coefficient (Wildman–Crippen LogP) is 3.59. The van der Waals surface area contributed by atoms with Crippen molar-refractivity contribution in [2.24, 2.45) is 0 Å². The number of carboxylic acids is 1. The van der Waals surface area contributed by atoms with E-state index in [4.69, 9.17) is 28.3 Å². The van der Waals surface area contributed by atoms with Crippen LogP contribution in [0.5, 0.6) is 0 Å². The second-order valence-corrected chi connectivity index (χ2v) is 4.40. The average molecular weight is 301 g/mol. The summed E-state index contributed by atoms with van der Waals surface area (Å²) in [7, 11) is 0. The molecule has 19 heavy (non-hydrogen) atoms. The van der Waals surface area contributed by atoms with E-state index in [1.165, 1.54) is 24.4 Å². The van der Waals surface area contributed by atoms with Crippen LogP contribution in [0.15, 0.2) is 24.4 Å². The normalized spacial score (nSPS) is 10.4. The van der Waals surface area contributed by atoms with E-state index in [-0.39, 0.29) is 32.6 Å². The first kappa shape index (κ1) is 13.4. The van der Waals surface area contributed by atoms with Crippen LogP contribution >= 0.6 is 23.2 Å². The minimum atomic E-state index is -1.27. The van der Waals surface area contributed by atoms with Crippen LogP contribution in [0.3, 0.4) is 0 Å². The Hall–Kier alpha value is -2.05. The molecule has 0 aliphatic heterocycles. The van der Waals surface area contributed by atoms with Crippen molar-refractivity contribution in [1.82, 2.24) is 4.98 Å². The van der Waals surface area contributed by atoms with Crippen molar-refractivity contribution in [3.8, 4) is 11.1 Å². The van der Waals surface area contributed by atoms with Crippen LogP contribution in [0.1, 0.15) is 10.5 Å². The molecule has 1 aromatic carbocycles. The minimum Gasteiger partial charge on any atom is -0.477 e. The Morgan fingerprint density at radius 2 is 2.00 bits per heavy atom. The van der Waals surface area contributed by atoms with Gasteiger partial charge in [-0.3, -0.25) is 10.1 Å². The van der Waals surface area contributed by atoms with Crippen LogP contribution in [0, 0.1) is 10.1 Å². The highest BCUT2D eigenvalue weighted by atomic mass is 35.5. The highest BCUT2D eigenvalue weighted by Gasteiger charge is 2.26. The lowest BCUT2D eigenvalue weighted by Gasteiger charge is -2.05. The highest BCUT2D eigenvalue weighted by molar-refractivity contribution is 6.35. The number of nitrogens with zero attached hydrogens (tertiary/aromatic N) is 1. The molecule has 0 amide bonds. The van der Waals surface area contributed by atoms with Gasteiger partial charge in [0.2, 0.25) is 0 Å². The van der Waals surface area contributed by atoms with E-state index in [0.717, 1.165) is 0 Å². The van der Waals surface area contributed by atoms with Crippen LogP contribution in [0.2, 0.25) is 10.0 Å². The molecular formula is C11H6Cl2N2O4. The number of para-hydroxylation sites is 1. The van der Waals surface area contributed by atoms with Gasteiger partial charge in [-0.25, -0.2) is 4.79 Å². The number of nitro benzene ring substituents is 1. The van der Waals surface area contributed by atoms with Crippen LogP contribution in [-0.4, -0.2) is 21.0 Å². The molecule has 0 unspecified atom stereocenters. The van der Waals surface area contributed by atoms with Gasteiger partial charge in [0.25, 0.3) is 5.69 Å². The Bertz CT molecular complexity index is 681. The van der Waals surface area contributed by atoms with Crippen LogP contribution in [0.4, 0.5) is 5.69 Å². The fourth-order valence-electron chi connectivity index (χ4n) is 1.73. The Morgan fingerprint density at radius 3 is 2.58 bits per heavy atom. The largest absolute Gasteiger partial charge is 0.477 e. The lowest BCUT2D eigenvalue weighted by atomic mass is 10.0. The van der Waals surface area contributed by atoms with Gasteiger partial charge in [-0.1, -0.05) is 29.3 Å². The van der Waals surface area contributed by atoms with E-state index in [1.807, 2.05) is 0 Å². The third-order valence-electron chi connectivity index (χ3n) is 2.48. The van der Waals surface area contributed by atoms with E-state index in [2.05, 4.69) is 4.98 Å². The number of H-pyrrole nitrogens is 1. The zero-order chi connectivity index (χ0) is 14.2. The number of aromatic nitrogens is 1. The van der Waals surface area contributed by atoms with Gasteiger partial charge in [-0.2, -0.15) is 0 Å². The summed E-state index contributed by atoms with van der Waals surface area (Å²) in [5.41, 5.74) is -0.506. The Balaban J connectivity index is 2.80. The number of aromatic carboxylic acids is 1. The summed E-state index contributed by atoms with van der Waals surface area (Å²) in [6.45, 7) is 0. The first-order valence-electron chi connectivity index (χ1n) is 4.97. The topological polar surface area (TPSA) is 96.2 Å². The Kier molecular flexibility index (Phi) is 3.46. The molecule has 1 heterocycles. The molecular weight excluding hydrogens is 295 g/mol. The fraction of sp³-hybridized carbons (Fsp3) is 0. The van der Waals surface area contributed by atoms with Gasteiger partial charge in [0.05, 0.1) is 15.5 Å². The highest BCUT2D eigenvalue weighted by Crippen LogP contribution is 2.40. The van der Waals surface area contributed by atoms with Crippen molar-refractivity contribution in [2.75, 3.05) is 0 Å². The standard InChI is InChI=1S/C11H6Cl2N2O4/c12-6-3-1-2-5(10(6)15(18)19)8-7(13)4-14-9(8)11(16)17/h1-4,14H,(H,16,17). The van der Waals surface area contributed by atoms with Crippen LogP contribution in [0.25, 0.3) is 11.1 Å². The Labute approximate surface area is 116 Å². The van der Waals surface area contributed by atoms with Gasteiger partial charge in [-0.05, 0) is 12.1 Å². The van der Waals surface area contributed by atoms with E-state index in [9.17, 15) is 14.9 Å². The predicted molar refractivity (Wildman–Crippen MR) is 69.9 cm³/mol. The van der Waals surface area contributed by atoms with Gasteiger partial charge < -0.3 is 10.1 Å². The Morgan fingerprint density at radius 1 is 1.32 bits per heavy atom. The molecule has 0 atom stereocenters. The van der Waals surface area contributed by atoms with E-state index >= 15 is 0 Å². The summed E-state index contributed by atoms with van der Waals surface area (Å²) >= 11 is 11.7. The van der Waals surface area contributed by atoms with Crippen molar-refractivity contribution in [1.29, 1.82) is 0 Å². The zero-order valence-corrected chi connectivity index (χ0v) is 10.7. The molecule has 0 aliphatic rings. The maximum absolute atomic E-state index is 11.1. The maximum atomic E-state index is 11.1. The lowest BCUT2D eigenvalue weighted by Crippen LogP contribution is -2.00. The number of carboxylic acid groups (broad SMARTS) is 1. The average Bonchev–Trinajstić information content (AvgIpc) is 2.70. The number of halogens is 2. The third kappa shape index (κ3) is 2.27. The quantitative estimate of drug-likeness (QED) is 0.668. The molecule has 0 radical (unpaired) electrons. The molecule has 0 saturated carbocycles. The second-order valence-electron chi connectivity index (χ2n) is 3.58. The number of rotatable bonds is 3. The molecule has 0 aliphatic carbocycles. The molecule has 0 saturated heterocycles. The van der Waals surface area contributed by atoms with Crippen LogP contribution in [-0.2, 0) is 0 Å². The third-order valence-corrected chi connectivity index (χ3v) is 3.09. The van der Waals surface area contributed by atoms with Gasteiger partial charge in [0.15, 0.2) is 0 Å².